The van der Waals surface area contributed by atoms with Crippen LogP contribution >= 0.6 is 11.6 Å². The first-order valence-electron chi connectivity index (χ1n) is 9.02. The zero-order valence-electron chi connectivity index (χ0n) is 14.5. The summed E-state index contributed by atoms with van der Waals surface area (Å²) in [5.74, 6) is 0.732. The normalized spacial score (nSPS) is 18.1. The van der Waals surface area contributed by atoms with Gasteiger partial charge in [-0.15, -0.1) is 11.6 Å². The van der Waals surface area contributed by atoms with Gasteiger partial charge in [0.05, 0.1) is 12.2 Å². The molecule has 1 heterocycles. The topological polar surface area (TPSA) is 55.6 Å². The van der Waals surface area contributed by atoms with Crippen LogP contribution in [0.15, 0.2) is 24.3 Å². The molecule has 0 saturated carbocycles. The number of nitrogens with zero attached hydrogens (tertiary/aromatic N) is 1. The maximum absolute atomic E-state index is 12.5. The summed E-state index contributed by atoms with van der Waals surface area (Å²) in [7, 11) is 0. The minimum absolute atomic E-state index is 0.0691. The number of piperidine rings is 1. The molecule has 1 aliphatic heterocycles. The van der Waals surface area contributed by atoms with Gasteiger partial charge < -0.3 is 10.5 Å². The second-order valence-corrected chi connectivity index (χ2v) is 6.89. The highest BCUT2D eigenvalue weighted by atomic mass is 35.5. The van der Waals surface area contributed by atoms with Crippen molar-refractivity contribution < 1.29 is 9.53 Å². The van der Waals surface area contributed by atoms with Crippen LogP contribution in [-0.4, -0.2) is 41.9 Å². The molecule has 134 valence electrons. The van der Waals surface area contributed by atoms with E-state index in [4.69, 9.17) is 22.1 Å². The summed E-state index contributed by atoms with van der Waals surface area (Å²) in [4.78, 5) is 14.8. The fourth-order valence-electron chi connectivity index (χ4n) is 3.04. The van der Waals surface area contributed by atoms with Crippen molar-refractivity contribution in [1.82, 2.24) is 4.90 Å². The number of benzene rings is 1. The third-order valence-corrected chi connectivity index (χ3v) is 5.05. The van der Waals surface area contributed by atoms with Gasteiger partial charge in [0.25, 0.3) is 0 Å². The maximum Gasteiger partial charge on any atom is 0.166 e. The van der Waals surface area contributed by atoms with Crippen LogP contribution in [0.25, 0.3) is 0 Å². The number of ketones is 1. The number of rotatable bonds is 9. The van der Waals surface area contributed by atoms with Gasteiger partial charge in [-0.3, -0.25) is 9.69 Å². The molecule has 0 radical (unpaired) electrons. The van der Waals surface area contributed by atoms with Crippen molar-refractivity contribution in [1.29, 1.82) is 0 Å². The molecule has 2 atom stereocenters. The molecule has 1 saturated heterocycles. The largest absolute Gasteiger partial charge is 0.493 e. The first-order chi connectivity index (χ1) is 11.6. The van der Waals surface area contributed by atoms with Crippen LogP contribution in [0.1, 0.15) is 55.8 Å². The van der Waals surface area contributed by atoms with Crippen molar-refractivity contribution >= 4 is 17.4 Å². The Morgan fingerprint density at radius 3 is 2.71 bits per heavy atom. The molecule has 2 rings (SSSR count). The number of Topliss-reactive ketones (excluding diaryl/α,β-unsaturated/α-hetero) is 1. The monoisotopic (exact) mass is 352 g/mol. The Kier molecular flexibility index (Phi) is 8.03. The molecule has 5 heteroatoms. The van der Waals surface area contributed by atoms with Crippen molar-refractivity contribution in [3.8, 4) is 5.75 Å². The lowest BCUT2D eigenvalue weighted by Crippen LogP contribution is -2.46. The number of hydrogen-bond donors (Lipinski definition) is 1. The third-order valence-electron chi connectivity index (χ3n) is 4.45. The van der Waals surface area contributed by atoms with Gasteiger partial charge in [0.1, 0.15) is 11.3 Å². The number of halogens is 1. The minimum atomic E-state index is -0.197. The van der Waals surface area contributed by atoms with Crippen molar-refractivity contribution in [2.75, 3.05) is 19.7 Å². The van der Waals surface area contributed by atoms with Crippen LogP contribution < -0.4 is 10.5 Å². The van der Waals surface area contributed by atoms with E-state index in [2.05, 4.69) is 4.90 Å². The molecular formula is C19H29ClN2O2. The van der Waals surface area contributed by atoms with Gasteiger partial charge in [-0.05, 0) is 50.9 Å². The van der Waals surface area contributed by atoms with Crippen LogP contribution in [0.3, 0.4) is 0 Å². The molecule has 0 aliphatic carbocycles. The van der Waals surface area contributed by atoms with E-state index in [-0.39, 0.29) is 17.3 Å². The van der Waals surface area contributed by atoms with E-state index < -0.39 is 0 Å². The van der Waals surface area contributed by atoms with Gasteiger partial charge >= 0.3 is 0 Å². The maximum atomic E-state index is 12.5. The summed E-state index contributed by atoms with van der Waals surface area (Å²) in [6.45, 7) is 4.67. The molecule has 1 aliphatic rings. The highest BCUT2D eigenvalue weighted by Crippen LogP contribution is 2.22. The number of carbonyl (C=O) groups excluding carboxylic acids is 1. The Morgan fingerprint density at radius 2 is 2.00 bits per heavy atom. The molecule has 2 N–H and O–H groups in total. The average molecular weight is 353 g/mol. The van der Waals surface area contributed by atoms with E-state index in [1.54, 1.807) is 0 Å². The van der Waals surface area contributed by atoms with E-state index in [1.165, 1.54) is 19.3 Å². The van der Waals surface area contributed by atoms with Crippen molar-refractivity contribution in [3.05, 3.63) is 29.8 Å². The number of hydrogen-bond acceptors (Lipinski definition) is 4. The number of para-hydroxylation sites is 1. The van der Waals surface area contributed by atoms with E-state index >= 15 is 0 Å². The molecule has 4 nitrogen and oxygen atoms in total. The van der Waals surface area contributed by atoms with Crippen LogP contribution in [-0.2, 0) is 0 Å². The minimum Gasteiger partial charge on any atom is -0.493 e. The Balaban J connectivity index is 1.88. The molecule has 1 aromatic rings. The van der Waals surface area contributed by atoms with Gasteiger partial charge in [0.15, 0.2) is 5.78 Å². The summed E-state index contributed by atoms with van der Waals surface area (Å²) in [5.41, 5.74) is 6.69. The highest BCUT2D eigenvalue weighted by molar-refractivity contribution is 6.20. The Labute approximate surface area is 150 Å². The van der Waals surface area contributed by atoms with Crippen molar-refractivity contribution in [3.63, 3.8) is 0 Å². The molecule has 2 unspecified atom stereocenters. The lowest BCUT2D eigenvalue weighted by molar-refractivity contribution is 0.0968. The SMILES string of the molecule is CCCOc1ccccc1C(=O)CCC(N)C(Cl)N1CCCCC1. The standard InChI is InChI=1S/C19H29ClN2O2/c1-2-14-24-18-9-5-4-8-15(18)17(23)11-10-16(21)19(20)22-12-6-3-7-13-22/h4-5,8-9,16,19H,2-3,6-7,10-14,21H2,1H3. The molecule has 0 spiro atoms. The Bertz CT molecular complexity index is 518. The molecule has 24 heavy (non-hydrogen) atoms. The van der Waals surface area contributed by atoms with Gasteiger partial charge in [0.2, 0.25) is 0 Å². The second-order valence-electron chi connectivity index (χ2n) is 6.44. The zero-order chi connectivity index (χ0) is 17.4. The quantitative estimate of drug-likeness (QED) is 0.417. The highest BCUT2D eigenvalue weighted by Gasteiger charge is 2.25. The molecular weight excluding hydrogens is 324 g/mol. The fourth-order valence-corrected chi connectivity index (χ4v) is 3.36. The summed E-state index contributed by atoms with van der Waals surface area (Å²) >= 11 is 6.50. The van der Waals surface area contributed by atoms with Gasteiger partial charge in [0, 0.05) is 12.5 Å². The lowest BCUT2D eigenvalue weighted by Gasteiger charge is -2.33. The third kappa shape index (κ3) is 5.47. The molecule has 0 bridgehead atoms. The zero-order valence-corrected chi connectivity index (χ0v) is 15.3. The van der Waals surface area contributed by atoms with Crippen LogP contribution in [0.5, 0.6) is 5.75 Å². The number of likely N-dealkylation sites (tertiary alicyclic amines) is 1. The average Bonchev–Trinajstić information content (AvgIpc) is 2.64. The summed E-state index contributed by atoms with van der Waals surface area (Å²) in [5, 5.41) is 0. The summed E-state index contributed by atoms with van der Waals surface area (Å²) in [6.07, 6.45) is 5.52. The summed E-state index contributed by atoms with van der Waals surface area (Å²) < 4.78 is 5.67. The summed E-state index contributed by atoms with van der Waals surface area (Å²) in [6, 6.07) is 7.23. The van der Waals surface area contributed by atoms with Crippen molar-refractivity contribution in [2.45, 2.75) is 57.0 Å². The van der Waals surface area contributed by atoms with Gasteiger partial charge in [-0.2, -0.15) is 0 Å². The number of carbonyl (C=O) groups is 1. The molecule has 0 aromatic heterocycles. The molecule has 0 amide bonds. The Hall–Kier alpha value is -1.10. The van der Waals surface area contributed by atoms with E-state index in [0.29, 0.717) is 30.8 Å². The number of nitrogens with two attached hydrogens (primary N) is 1. The molecule has 1 aromatic carbocycles. The van der Waals surface area contributed by atoms with Crippen LogP contribution in [0.2, 0.25) is 0 Å². The predicted molar refractivity (Wildman–Crippen MR) is 98.8 cm³/mol. The smallest absolute Gasteiger partial charge is 0.166 e. The van der Waals surface area contributed by atoms with Crippen LogP contribution in [0, 0.1) is 0 Å². The molecule has 1 fully saturated rings. The van der Waals surface area contributed by atoms with E-state index in [9.17, 15) is 4.79 Å². The number of ether oxygens (including phenoxy) is 1. The Morgan fingerprint density at radius 1 is 1.29 bits per heavy atom. The van der Waals surface area contributed by atoms with Gasteiger partial charge in [-0.25, -0.2) is 0 Å². The van der Waals surface area contributed by atoms with E-state index in [1.807, 2.05) is 31.2 Å². The lowest BCUT2D eigenvalue weighted by atomic mass is 10.0. The predicted octanol–water partition coefficient (Wildman–Crippen LogP) is 3.82. The fraction of sp³-hybridized carbons (Fsp3) is 0.632. The van der Waals surface area contributed by atoms with Crippen LogP contribution in [0.4, 0.5) is 0 Å². The first kappa shape index (κ1) is 19.2. The number of alkyl halides is 1. The van der Waals surface area contributed by atoms with Gasteiger partial charge in [-0.1, -0.05) is 25.5 Å². The second kappa shape index (κ2) is 10.0. The first-order valence-corrected chi connectivity index (χ1v) is 9.46. The van der Waals surface area contributed by atoms with E-state index in [0.717, 1.165) is 19.5 Å². The van der Waals surface area contributed by atoms with Crippen molar-refractivity contribution in [2.24, 2.45) is 5.73 Å².